The van der Waals surface area contributed by atoms with Gasteiger partial charge in [-0.1, -0.05) is 25.0 Å². The summed E-state index contributed by atoms with van der Waals surface area (Å²) in [5.41, 5.74) is 0.994. The van der Waals surface area contributed by atoms with Gasteiger partial charge in [0.05, 0.1) is 23.1 Å². The summed E-state index contributed by atoms with van der Waals surface area (Å²) in [5.74, 6) is 0.543. The Bertz CT molecular complexity index is 1070. The van der Waals surface area contributed by atoms with Gasteiger partial charge in [-0.2, -0.15) is 15.4 Å². The molecule has 1 amide bonds. The second-order valence-electron chi connectivity index (χ2n) is 7.61. The second-order valence-corrected chi connectivity index (χ2v) is 7.61. The quantitative estimate of drug-likeness (QED) is 0.756. The van der Waals surface area contributed by atoms with Gasteiger partial charge in [-0.05, 0) is 37.8 Å². The molecule has 0 spiro atoms. The van der Waals surface area contributed by atoms with E-state index in [1.54, 1.807) is 4.90 Å². The monoisotopic (exact) mass is 378 g/mol. The summed E-state index contributed by atoms with van der Waals surface area (Å²) in [6, 6.07) is 7.42. The van der Waals surface area contributed by atoms with Crippen LogP contribution in [0.15, 0.2) is 35.3 Å². The van der Waals surface area contributed by atoms with Crippen LogP contribution in [0.25, 0.3) is 10.9 Å². The largest absolute Gasteiger partial charge is 0.327 e. The van der Waals surface area contributed by atoms with Crippen molar-refractivity contribution < 1.29 is 4.79 Å². The van der Waals surface area contributed by atoms with Crippen molar-refractivity contribution in [3.63, 3.8) is 0 Å². The van der Waals surface area contributed by atoms with Crippen molar-refractivity contribution in [2.24, 2.45) is 0 Å². The number of likely N-dealkylation sites (tertiary alicyclic amines) is 1. The van der Waals surface area contributed by atoms with Crippen molar-refractivity contribution in [3.05, 3.63) is 52.3 Å². The van der Waals surface area contributed by atoms with Crippen molar-refractivity contribution in [2.75, 3.05) is 6.54 Å². The molecule has 3 aromatic rings. The third-order valence-electron chi connectivity index (χ3n) is 5.97. The van der Waals surface area contributed by atoms with Gasteiger partial charge in [-0.3, -0.25) is 14.2 Å². The lowest BCUT2D eigenvalue weighted by atomic mass is 10.1. The molecule has 1 unspecified atom stereocenters. The third kappa shape index (κ3) is 2.71. The molecule has 2 aliphatic rings. The summed E-state index contributed by atoms with van der Waals surface area (Å²) in [5, 5.41) is 10.8. The van der Waals surface area contributed by atoms with Gasteiger partial charge in [0.2, 0.25) is 0 Å². The van der Waals surface area contributed by atoms with Gasteiger partial charge < -0.3 is 4.90 Å². The van der Waals surface area contributed by atoms with Crippen LogP contribution in [0.4, 0.5) is 0 Å². The number of amides is 1. The number of nitrogens with zero attached hydrogens (tertiary/aromatic N) is 5. The van der Waals surface area contributed by atoms with Crippen molar-refractivity contribution in [1.29, 1.82) is 0 Å². The molecule has 8 nitrogen and oxygen atoms in total. The topological polar surface area (TPSA) is 96.8 Å². The fraction of sp³-hybridized carbons (Fsp3) is 0.450. The first kappa shape index (κ1) is 17.1. The van der Waals surface area contributed by atoms with E-state index in [1.165, 1.54) is 6.20 Å². The van der Waals surface area contributed by atoms with Crippen LogP contribution in [0.2, 0.25) is 0 Å². The van der Waals surface area contributed by atoms with E-state index in [-0.39, 0.29) is 23.6 Å². The number of rotatable bonds is 3. The summed E-state index contributed by atoms with van der Waals surface area (Å²) in [7, 11) is 0. The van der Waals surface area contributed by atoms with E-state index in [2.05, 4.69) is 15.4 Å². The predicted molar refractivity (Wildman–Crippen MR) is 103 cm³/mol. The highest BCUT2D eigenvalue weighted by Gasteiger charge is 2.36. The molecule has 0 radical (unpaired) electrons. The van der Waals surface area contributed by atoms with Crippen molar-refractivity contribution in [1.82, 2.24) is 29.9 Å². The molecule has 1 atom stereocenters. The van der Waals surface area contributed by atoms with E-state index in [0.717, 1.165) is 38.5 Å². The summed E-state index contributed by atoms with van der Waals surface area (Å²) in [4.78, 5) is 33.0. The highest BCUT2D eigenvalue weighted by molar-refractivity contribution is 5.92. The first-order chi connectivity index (χ1) is 13.7. The Morgan fingerprint density at radius 2 is 1.93 bits per heavy atom. The van der Waals surface area contributed by atoms with Gasteiger partial charge in [0.15, 0.2) is 5.69 Å². The van der Waals surface area contributed by atoms with E-state index >= 15 is 0 Å². The van der Waals surface area contributed by atoms with Gasteiger partial charge >= 0.3 is 0 Å². The van der Waals surface area contributed by atoms with Gasteiger partial charge in [-0.15, -0.1) is 0 Å². The van der Waals surface area contributed by atoms with Crippen LogP contribution in [0.3, 0.4) is 0 Å². The average Bonchev–Trinajstić information content (AvgIpc) is 3.49. The normalized spacial score (nSPS) is 20.3. The van der Waals surface area contributed by atoms with Gasteiger partial charge in [-0.25, -0.2) is 4.98 Å². The molecule has 1 N–H and O–H groups in total. The van der Waals surface area contributed by atoms with E-state index < -0.39 is 0 Å². The molecule has 144 valence electrons. The summed E-state index contributed by atoms with van der Waals surface area (Å²) in [6.07, 6.45) is 7.32. The molecule has 28 heavy (non-hydrogen) atoms. The standard InChI is InChI=1S/C20H22N6O2/c27-19-14-8-3-4-9-15(14)22-18(26(19)13-6-1-2-7-13)17-10-5-11-25(17)20(28)16-12-21-24-23-16/h3-4,8-9,12-13,17H,1-2,5-7,10-11H2,(H,21,23,24). The SMILES string of the molecule is O=C(c1cn[nH]n1)N1CCCC1c1nc2ccccc2c(=O)n1C1CCCC1. The lowest BCUT2D eigenvalue weighted by Gasteiger charge is -2.28. The zero-order chi connectivity index (χ0) is 19.1. The fourth-order valence-corrected chi connectivity index (χ4v) is 4.64. The predicted octanol–water partition coefficient (Wildman–Crippen LogP) is 2.61. The molecule has 1 aromatic carbocycles. The lowest BCUT2D eigenvalue weighted by Crippen LogP contribution is -2.36. The Balaban J connectivity index is 1.65. The first-order valence-electron chi connectivity index (χ1n) is 9.92. The van der Waals surface area contributed by atoms with E-state index in [4.69, 9.17) is 4.98 Å². The van der Waals surface area contributed by atoms with Crippen LogP contribution in [-0.2, 0) is 0 Å². The zero-order valence-corrected chi connectivity index (χ0v) is 15.5. The molecular formula is C20H22N6O2. The first-order valence-corrected chi connectivity index (χ1v) is 9.92. The minimum atomic E-state index is -0.220. The lowest BCUT2D eigenvalue weighted by molar-refractivity contribution is 0.0719. The van der Waals surface area contributed by atoms with Gasteiger partial charge in [0.25, 0.3) is 11.5 Å². The maximum Gasteiger partial charge on any atom is 0.276 e. The molecule has 1 aliphatic heterocycles. The Kier molecular flexibility index (Phi) is 4.18. The Hall–Kier alpha value is -3.03. The van der Waals surface area contributed by atoms with Gasteiger partial charge in [0, 0.05) is 12.6 Å². The molecule has 8 heteroatoms. The molecule has 2 aromatic heterocycles. The molecule has 5 rings (SSSR count). The summed E-state index contributed by atoms with van der Waals surface area (Å²) in [6.45, 7) is 0.629. The molecule has 3 heterocycles. The van der Waals surface area contributed by atoms with Crippen LogP contribution < -0.4 is 5.56 Å². The number of H-pyrrole nitrogens is 1. The van der Waals surface area contributed by atoms with Crippen LogP contribution >= 0.6 is 0 Å². The maximum atomic E-state index is 13.4. The van der Waals surface area contributed by atoms with Crippen LogP contribution in [-0.4, -0.2) is 42.3 Å². The van der Waals surface area contributed by atoms with Gasteiger partial charge in [0.1, 0.15) is 5.82 Å². The Morgan fingerprint density at radius 1 is 1.11 bits per heavy atom. The summed E-state index contributed by atoms with van der Waals surface area (Å²) < 4.78 is 1.88. The fourth-order valence-electron chi connectivity index (χ4n) is 4.64. The number of aromatic nitrogens is 5. The number of aromatic amines is 1. The number of carbonyl (C=O) groups excluding carboxylic acids is 1. The van der Waals surface area contributed by atoms with Crippen LogP contribution in [0, 0.1) is 0 Å². The third-order valence-corrected chi connectivity index (χ3v) is 5.97. The van der Waals surface area contributed by atoms with E-state index in [1.807, 2.05) is 28.8 Å². The van der Waals surface area contributed by atoms with Crippen LogP contribution in [0.1, 0.15) is 66.9 Å². The Labute approximate surface area is 161 Å². The molecule has 1 saturated carbocycles. The minimum absolute atomic E-state index is 0.00763. The molecule has 1 saturated heterocycles. The maximum absolute atomic E-state index is 13.4. The van der Waals surface area contributed by atoms with E-state index in [9.17, 15) is 9.59 Å². The number of carbonyl (C=O) groups is 1. The molecule has 1 aliphatic carbocycles. The highest BCUT2D eigenvalue weighted by atomic mass is 16.2. The number of para-hydroxylation sites is 1. The second kappa shape index (κ2) is 6.85. The number of nitrogens with one attached hydrogen (secondary N) is 1. The van der Waals surface area contributed by atoms with Crippen molar-refractivity contribution in [2.45, 2.75) is 50.6 Å². The highest BCUT2D eigenvalue weighted by Crippen LogP contribution is 2.36. The number of hydrogen-bond donors (Lipinski definition) is 1. The number of benzene rings is 1. The molecular weight excluding hydrogens is 356 g/mol. The molecule has 0 bridgehead atoms. The van der Waals surface area contributed by atoms with E-state index in [0.29, 0.717) is 29.0 Å². The van der Waals surface area contributed by atoms with Crippen LogP contribution in [0.5, 0.6) is 0 Å². The van der Waals surface area contributed by atoms with Crippen molar-refractivity contribution in [3.8, 4) is 0 Å². The van der Waals surface area contributed by atoms with Crippen molar-refractivity contribution >= 4 is 16.8 Å². The number of fused-ring (bicyclic) bond motifs is 1. The minimum Gasteiger partial charge on any atom is -0.327 e. The average molecular weight is 378 g/mol. The Morgan fingerprint density at radius 3 is 2.71 bits per heavy atom. The number of hydrogen-bond acceptors (Lipinski definition) is 5. The molecule has 2 fully saturated rings. The zero-order valence-electron chi connectivity index (χ0n) is 15.5. The summed E-state index contributed by atoms with van der Waals surface area (Å²) >= 11 is 0. The smallest absolute Gasteiger partial charge is 0.276 e.